The number of benzene rings is 2. The summed E-state index contributed by atoms with van der Waals surface area (Å²) < 4.78 is 25.5. The van der Waals surface area contributed by atoms with Crippen molar-refractivity contribution < 1.29 is 18.7 Å². The van der Waals surface area contributed by atoms with Gasteiger partial charge in [-0.3, -0.25) is 4.79 Å². The molecule has 3 rings (SSSR count). The first-order chi connectivity index (χ1) is 14.0. The second kappa shape index (κ2) is 8.60. The van der Waals surface area contributed by atoms with E-state index in [0.29, 0.717) is 25.3 Å². The molecule has 1 heterocycles. The molecule has 0 fully saturated rings. The van der Waals surface area contributed by atoms with Crippen molar-refractivity contribution in [1.29, 1.82) is 0 Å². The SMILES string of the molecule is COc1ccc(CN2C(=O)c3cc(F)cc(COCCS(C)(C)C)c3C2(C)C)cc1. The minimum Gasteiger partial charge on any atom is -0.497 e. The summed E-state index contributed by atoms with van der Waals surface area (Å²) in [7, 11) is 0.976. The van der Waals surface area contributed by atoms with E-state index in [1.54, 1.807) is 7.11 Å². The van der Waals surface area contributed by atoms with Crippen LogP contribution in [0.2, 0.25) is 0 Å². The molecule has 2 aromatic carbocycles. The summed E-state index contributed by atoms with van der Waals surface area (Å²) in [5.74, 6) is 1.22. The van der Waals surface area contributed by atoms with Gasteiger partial charge in [-0.2, -0.15) is 0 Å². The Morgan fingerprint density at radius 3 is 2.37 bits per heavy atom. The smallest absolute Gasteiger partial charge is 0.255 e. The van der Waals surface area contributed by atoms with Crippen molar-refractivity contribution in [1.82, 2.24) is 4.90 Å². The maximum atomic E-state index is 14.3. The molecular formula is C24H32FNO3S. The largest absolute Gasteiger partial charge is 0.497 e. The van der Waals surface area contributed by atoms with Crippen LogP contribution in [0.4, 0.5) is 4.39 Å². The van der Waals surface area contributed by atoms with E-state index in [0.717, 1.165) is 28.2 Å². The highest BCUT2D eigenvalue weighted by atomic mass is 32.3. The predicted molar refractivity (Wildman–Crippen MR) is 122 cm³/mol. The lowest BCUT2D eigenvalue weighted by molar-refractivity contribution is 0.0590. The monoisotopic (exact) mass is 433 g/mol. The second-order valence-electron chi connectivity index (χ2n) is 9.13. The molecule has 0 spiro atoms. The number of rotatable bonds is 8. The van der Waals surface area contributed by atoms with Gasteiger partial charge in [-0.05, 0) is 73.6 Å². The zero-order valence-electron chi connectivity index (χ0n) is 18.8. The van der Waals surface area contributed by atoms with Gasteiger partial charge in [0.15, 0.2) is 0 Å². The van der Waals surface area contributed by atoms with Crippen LogP contribution in [-0.2, 0) is 23.4 Å². The van der Waals surface area contributed by atoms with E-state index < -0.39 is 21.4 Å². The lowest BCUT2D eigenvalue weighted by Crippen LogP contribution is -2.38. The molecule has 0 atom stereocenters. The topological polar surface area (TPSA) is 38.8 Å². The Balaban J connectivity index is 1.85. The van der Waals surface area contributed by atoms with Crippen LogP contribution in [0.5, 0.6) is 5.75 Å². The van der Waals surface area contributed by atoms with Crippen LogP contribution >= 0.6 is 10.0 Å². The van der Waals surface area contributed by atoms with E-state index >= 15 is 0 Å². The van der Waals surface area contributed by atoms with Crippen molar-refractivity contribution in [2.45, 2.75) is 32.5 Å². The third kappa shape index (κ3) is 4.81. The summed E-state index contributed by atoms with van der Waals surface area (Å²) in [5, 5.41) is 0. The van der Waals surface area contributed by atoms with Gasteiger partial charge in [0, 0.05) is 17.9 Å². The van der Waals surface area contributed by atoms with Crippen molar-refractivity contribution in [3.05, 3.63) is 64.5 Å². The van der Waals surface area contributed by atoms with Gasteiger partial charge in [0.2, 0.25) is 0 Å². The molecule has 30 heavy (non-hydrogen) atoms. The highest BCUT2D eigenvalue weighted by molar-refractivity contribution is 8.32. The van der Waals surface area contributed by atoms with Crippen LogP contribution in [-0.4, -0.2) is 49.0 Å². The highest BCUT2D eigenvalue weighted by Gasteiger charge is 2.44. The van der Waals surface area contributed by atoms with Gasteiger partial charge in [0.25, 0.3) is 5.91 Å². The van der Waals surface area contributed by atoms with Crippen molar-refractivity contribution >= 4 is 15.9 Å². The van der Waals surface area contributed by atoms with Crippen LogP contribution in [0.25, 0.3) is 0 Å². The Kier molecular flexibility index (Phi) is 6.48. The number of nitrogens with zero attached hydrogens (tertiary/aromatic N) is 1. The number of carbonyl (C=O) groups excluding carboxylic acids is 1. The Hall–Kier alpha value is -2.05. The fraction of sp³-hybridized carbons (Fsp3) is 0.458. The molecule has 0 saturated carbocycles. The zero-order chi connectivity index (χ0) is 22.1. The number of amides is 1. The Labute approximate surface area is 180 Å². The molecule has 0 radical (unpaired) electrons. The van der Waals surface area contributed by atoms with Crippen LogP contribution in [0.1, 0.15) is 40.9 Å². The van der Waals surface area contributed by atoms with E-state index in [9.17, 15) is 9.18 Å². The molecule has 0 unspecified atom stereocenters. The van der Waals surface area contributed by atoms with Crippen LogP contribution in [0.3, 0.4) is 0 Å². The van der Waals surface area contributed by atoms with Crippen molar-refractivity contribution in [3.63, 3.8) is 0 Å². The van der Waals surface area contributed by atoms with Gasteiger partial charge < -0.3 is 14.4 Å². The first kappa shape index (κ1) is 22.6. The summed E-state index contributed by atoms with van der Waals surface area (Å²) in [5.41, 5.74) is 2.49. The number of hydrogen-bond acceptors (Lipinski definition) is 3. The maximum Gasteiger partial charge on any atom is 0.255 e. The van der Waals surface area contributed by atoms with E-state index in [1.165, 1.54) is 12.1 Å². The van der Waals surface area contributed by atoms with Crippen LogP contribution in [0, 0.1) is 5.82 Å². The minimum atomic E-state index is -0.649. The summed E-state index contributed by atoms with van der Waals surface area (Å²) >= 11 is 0. The molecule has 164 valence electrons. The van der Waals surface area contributed by atoms with Crippen molar-refractivity contribution in [2.75, 3.05) is 38.2 Å². The fourth-order valence-corrected chi connectivity index (χ4v) is 4.49. The van der Waals surface area contributed by atoms with Gasteiger partial charge in [0.05, 0.1) is 25.9 Å². The minimum absolute atomic E-state index is 0.147. The standard InChI is InChI=1S/C24H32FNO3S/c1-24(2)22-18(16-29-11-12-30(4,5)6)13-19(25)14-21(22)23(27)26(24)15-17-7-9-20(28-3)10-8-17/h7-10,13-14H,11-12,15-16H2,1-6H3. The van der Waals surface area contributed by atoms with E-state index in [2.05, 4.69) is 18.8 Å². The molecule has 1 amide bonds. The van der Waals surface area contributed by atoms with E-state index in [1.807, 2.05) is 43.0 Å². The van der Waals surface area contributed by atoms with Crippen molar-refractivity contribution in [3.8, 4) is 5.75 Å². The average Bonchev–Trinajstić information content (AvgIpc) is 2.85. The highest BCUT2D eigenvalue weighted by Crippen LogP contribution is 2.42. The van der Waals surface area contributed by atoms with E-state index in [4.69, 9.17) is 9.47 Å². The number of hydrogen-bond donors (Lipinski definition) is 0. The quantitative estimate of drug-likeness (QED) is 0.554. The predicted octanol–water partition coefficient (Wildman–Crippen LogP) is 4.94. The molecule has 2 aromatic rings. The van der Waals surface area contributed by atoms with Crippen LogP contribution in [0.15, 0.2) is 36.4 Å². The third-order valence-electron chi connectivity index (χ3n) is 5.54. The molecule has 1 aliphatic heterocycles. The summed E-state index contributed by atoms with van der Waals surface area (Å²) in [6, 6.07) is 10.5. The number of carbonyl (C=O) groups is 1. The molecular weight excluding hydrogens is 401 g/mol. The second-order valence-corrected chi connectivity index (χ2v) is 13.7. The number of fused-ring (bicyclic) bond motifs is 1. The Morgan fingerprint density at radius 1 is 1.10 bits per heavy atom. The third-order valence-corrected chi connectivity index (χ3v) is 6.94. The maximum absolute atomic E-state index is 14.3. The summed E-state index contributed by atoms with van der Waals surface area (Å²) in [6.07, 6.45) is 6.74. The molecule has 0 N–H and O–H groups in total. The number of methoxy groups -OCH3 is 1. The van der Waals surface area contributed by atoms with Crippen molar-refractivity contribution in [2.24, 2.45) is 0 Å². The lowest BCUT2D eigenvalue weighted by Gasteiger charge is -2.33. The van der Waals surface area contributed by atoms with Crippen LogP contribution < -0.4 is 4.74 Å². The molecule has 0 saturated heterocycles. The zero-order valence-corrected chi connectivity index (χ0v) is 19.6. The Morgan fingerprint density at radius 2 is 1.77 bits per heavy atom. The molecule has 6 heteroatoms. The average molecular weight is 434 g/mol. The van der Waals surface area contributed by atoms with Gasteiger partial charge in [-0.1, -0.05) is 12.1 Å². The normalized spacial score (nSPS) is 16.0. The van der Waals surface area contributed by atoms with Gasteiger partial charge in [0.1, 0.15) is 11.6 Å². The Bertz CT molecular complexity index is 919. The molecule has 1 aliphatic rings. The number of halogens is 1. The molecule has 0 aromatic heterocycles. The molecule has 0 aliphatic carbocycles. The lowest BCUT2D eigenvalue weighted by atomic mass is 9.89. The number of ether oxygens (including phenoxy) is 2. The van der Waals surface area contributed by atoms with Gasteiger partial charge in [-0.25, -0.2) is 14.4 Å². The molecule has 4 nitrogen and oxygen atoms in total. The van der Waals surface area contributed by atoms with Gasteiger partial charge >= 0.3 is 0 Å². The first-order valence-corrected chi connectivity index (χ1v) is 13.1. The first-order valence-electron chi connectivity index (χ1n) is 10.0. The summed E-state index contributed by atoms with van der Waals surface area (Å²) in [6.45, 7) is 5.42. The molecule has 0 bridgehead atoms. The summed E-state index contributed by atoms with van der Waals surface area (Å²) in [4.78, 5) is 15.0. The van der Waals surface area contributed by atoms with Gasteiger partial charge in [-0.15, -0.1) is 0 Å². The fourth-order valence-electron chi connectivity index (χ4n) is 3.88. The van der Waals surface area contributed by atoms with E-state index in [-0.39, 0.29) is 5.91 Å².